The number of thioether (sulfide) groups is 1. The average molecular weight is 324 g/mol. The molecule has 1 N–H and O–H groups in total. The molecule has 8 heteroatoms. The van der Waals surface area contributed by atoms with Crippen molar-refractivity contribution >= 4 is 17.7 Å². The van der Waals surface area contributed by atoms with Crippen molar-refractivity contribution in [3.63, 3.8) is 0 Å². The monoisotopic (exact) mass is 324 g/mol. The number of hydrogen-bond donors (Lipinski definition) is 1. The number of carbonyl (C=O) groups excluding carboxylic acids is 1. The van der Waals surface area contributed by atoms with Crippen LogP contribution in [0.4, 0.5) is 0 Å². The summed E-state index contributed by atoms with van der Waals surface area (Å²) in [4.78, 5) is 11.7. The summed E-state index contributed by atoms with van der Waals surface area (Å²) in [7, 11) is 3.52. The van der Waals surface area contributed by atoms with Gasteiger partial charge in [0.1, 0.15) is 5.76 Å². The van der Waals surface area contributed by atoms with E-state index in [-0.39, 0.29) is 5.91 Å². The Balaban J connectivity index is 1.88. The first-order valence-corrected chi connectivity index (χ1v) is 7.94. The van der Waals surface area contributed by atoms with E-state index in [0.717, 1.165) is 23.6 Å². The maximum Gasteiger partial charge on any atom is 0.230 e. The molecule has 2 heterocycles. The largest absolute Gasteiger partial charge is 0.469 e. The lowest BCUT2D eigenvalue weighted by atomic mass is 10.2. The molecule has 2 rings (SSSR count). The van der Waals surface area contributed by atoms with E-state index < -0.39 is 0 Å². The second kappa shape index (κ2) is 8.00. The number of ether oxygens (including phenoxy) is 1. The SMILES string of the molecule is COCCCNC(=O)CSc1nnc(-c2ccoc2C)n1C. The zero-order chi connectivity index (χ0) is 15.9. The number of nitrogens with one attached hydrogen (secondary N) is 1. The van der Waals surface area contributed by atoms with Gasteiger partial charge in [-0.25, -0.2) is 0 Å². The summed E-state index contributed by atoms with van der Waals surface area (Å²) in [5.41, 5.74) is 0.908. The minimum absolute atomic E-state index is 0.0230. The molecule has 7 nitrogen and oxygen atoms in total. The third-order valence-electron chi connectivity index (χ3n) is 3.11. The highest BCUT2D eigenvalue weighted by Gasteiger charge is 2.15. The molecule has 0 bridgehead atoms. The Kier molecular flexibility index (Phi) is 6.02. The third kappa shape index (κ3) is 4.11. The first-order valence-electron chi connectivity index (χ1n) is 6.95. The lowest BCUT2D eigenvalue weighted by molar-refractivity contribution is -0.118. The van der Waals surface area contributed by atoms with Gasteiger partial charge in [-0.15, -0.1) is 10.2 Å². The van der Waals surface area contributed by atoms with Crippen LogP contribution in [-0.2, 0) is 16.6 Å². The van der Waals surface area contributed by atoms with Crippen molar-refractivity contribution in [3.8, 4) is 11.4 Å². The molecular formula is C14H20N4O3S. The van der Waals surface area contributed by atoms with Crippen LogP contribution < -0.4 is 5.32 Å². The van der Waals surface area contributed by atoms with E-state index in [0.29, 0.717) is 24.1 Å². The number of hydrogen-bond acceptors (Lipinski definition) is 6. The summed E-state index contributed by atoms with van der Waals surface area (Å²) in [5, 5.41) is 11.8. The van der Waals surface area contributed by atoms with Crippen LogP contribution in [0.5, 0.6) is 0 Å². The molecule has 120 valence electrons. The predicted molar refractivity (Wildman–Crippen MR) is 83.7 cm³/mol. The molecule has 0 saturated carbocycles. The zero-order valence-corrected chi connectivity index (χ0v) is 13.8. The fourth-order valence-corrected chi connectivity index (χ4v) is 2.66. The molecule has 22 heavy (non-hydrogen) atoms. The summed E-state index contributed by atoms with van der Waals surface area (Å²) >= 11 is 1.36. The molecule has 0 aliphatic carbocycles. The van der Waals surface area contributed by atoms with Crippen molar-refractivity contribution in [1.82, 2.24) is 20.1 Å². The van der Waals surface area contributed by atoms with Crippen LogP contribution >= 0.6 is 11.8 Å². The van der Waals surface area contributed by atoms with E-state index in [1.165, 1.54) is 11.8 Å². The van der Waals surface area contributed by atoms with Crippen molar-refractivity contribution in [3.05, 3.63) is 18.1 Å². The maximum atomic E-state index is 11.7. The summed E-state index contributed by atoms with van der Waals surface area (Å²) in [6.07, 6.45) is 2.43. The van der Waals surface area contributed by atoms with Crippen molar-refractivity contribution in [1.29, 1.82) is 0 Å². The van der Waals surface area contributed by atoms with Gasteiger partial charge in [0.05, 0.1) is 17.6 Å². The second-order valence-electron chi connectivity index (χ2n) is 4.74. The summed E-state index contributed by atoms with van der Waals surface area (Å²) in [6, 6.07) is 1.86. The standard InChI is InChI=1S/C14H20N4O3S/c1-10-11(5-8-21-10)13-16-17-14(18(13)2)22-9-12(19)15-6-4-7-20-3/h5,8H,4,6-7,9H2,1-3H3,(H,15,19). The summed E-state index contributed by atoms with van der Waals surface area (Å²) < 4.78 is 12.1. The fraction of sp³-hybridized carbons (Fsp3) is 0.500. The van der Waals surface area contributed by atoms with Crippen LogP contribution in [0.25, 0.3) is 11.4 Å². The normalized spacial score (nSPS) is 10.9. The molecule has 2 aromatic heterocycles. The van der Waals surface area contributed by atoms with Gasteiger partial charge in [0.15, 0.2) is 11.0 Å². The maximum absolute atomic E-state index is 11.7. The van der Waals surface area contributed by atoms with Crippen LogP contribution in [0.15, 0.2) is 21.9 Å². The molecule has 0 aliphatic heterocycles. The van der Waals surface area contributed by atoms with Crippen molar-refractivity contribution in [2.75, 3.05) is 26.0 Å². The Morgan fingerprint density at radius 3 is 3.00 bits per heavy atom. The van der Waals surface area contributed by atoms with E-state index >= 15 is 0 Å². The Morgan fingerprint density at radius 1 is 1.50 bits per heavy atom. The van der Waals surface area contributed by atoms with E-state index in [1.54, 1.807) is 13.4 Å². The van der Waals surface area contributed by atoms with E-state index in [2.05, 4.69) is 15.5 Å². The second-order valence-corrected chi connectivity index (χ2v) is 5.68. The minimum Gasteiger partial charge on any atom is -0.469 e. The topological polar surface area (TPSA) is 82.2 Å². The van der Waals surface area contributed by atoms with E-state index in [9.17, 15) is 4.79 Å². The highest BCUT2D eigenvalue weighted by atomic mass is 32.2. The molecule has 1 amide bonds. The number of rotatable bonds is 8. The highest BCUT2D eigenvalue weighted by Crippen LogP contribution is 2.25. The minimum atomic E-state index is -0.0230. The molecule has 0 spiro atoms. The third-order valence-corrected chi connectivity index (χ3v) is 4.13. The molecule has 0 aliphatic rings. The van der Waals surface area contributed by atoms with Gasteiger partial charge in [0.2, 0.25) is 5.91 Å². The van der Waals surface area contributed by atoms with Gasteiger partial charge in [-0.2, -0.15) is 0 Å². The molecule has 0 atom stereocenters. The number of furan rings is 1. The van der Waals surface area contributed by atoms with Crippen molar-refractivity contribution < 1.29 is 13.9 Å². The molecule has 0 unspecified atom stereocenters. The van der Waals surface area contributed by atoms with Gasteiger partial charge in [-0.05, 0) is 19.4 Å². The van der Waals surface area contributed by atoms with Crippen molar-refractivity contribution in [2.45, 2.75) is 18.5 Å². The van der Waals surface area contributed by atoms with Crippen molar-refractivity contribution in [2.24, 2.45) is 7.05 Å². The van der Waals surface area contributed by atoms with Gasteiger partial charge < -0.3 is 19.0 Å². The van der Waals surface area contributed by atoms with Gasteiger partial charge in [-0.3, -0.25) is 4.79 Å². The number of nitrogens with zero attached hydrogens (tertiary/aromatic N) is 3. The highest BCUT2D eigenvalue weighted by molar-refractivity contribution is 7.99. The summed E-state index contributed by atoms with van der Waals surface area (Å²) in [5.74, 6) is 1.81. The predicted octanol–water partition coefficient (Wildman–Crippen LogP) is 1.63. The van der Waals surface area contributed by atoms with Crippen LogP contribution in [0.1, 0.15) is 12.2 Å². The smallest absolute Gasteiger partial charge is 0.230 e. The quantitative estimate of drug-likeness (QED) is 0.587. The molecule has 0 saturated heterocycles. The van der Waals surface area contributed by atoms with Crippen LogP contribution in [-0.4, -0.2) is 46.7 Å². The number of aryl methyl sites for hydroxylation is 1. The number of methoxy groups -OCH3 is 1. The first-order chi connectivity index (χ1) is 10.6. The first kappa shape index (κ1) is 16.6. The number of amides is 1. The number of carbonyl (C=O) groups is 1. The Morgan fingerprint density at radius 2 is 2.32 bits per heavy atom. The zero-order valence-electron chi connectivity index (χ0n) is 13.0. The van der Waals surface area contributed by atoms with Crippen LogP contribution in [0, 0.1) is 6.92 Å². The molecule has 0 aromatic carbocycles. The lowest BCUT2D eigenvalue weighted by Crippen LogP contribution is -2.26. The Labute approximate surface area is 133 Å². The molecule has 0 radical (unpaired) electrons. The molecular weight excluding hydrogens is 304 g/mol. The molecule has 0 fully saturated rings. The fourth-order valence-electron chi connectivity index (χ4n) is 1.92. The average Bonchev–Trinajstić information content (AvgIpc) is 3.07. The van der Waals surface area contributed by atoms with Gasteiger partial charge in [0, 0.05) is 27.3 Å². The molecule has 2 aromatic rings. The van der Waals surface area contributed by atoms with Gasteiger partial charge in [0.25, 0.3) is 0 Å². The van der Waals surface area contributed by atoms with E-state index in [1.807, 2.05) is 24.6 Å². The number of aromatic nitrogens is 3. The lowest BCUT2D eigenvalue weighted by Gasteiger charge is -2.05. The summed E-state index contributed by atoms with van der Waals surface area (Å²) in [6.45, 7) is 3.14. The van der Waals surface area contributed by atoms with E-state index in [4.69, 9.17) is 9.15 Å². The van der Waals surface area contributed by atoms with Crippen LogP contribution in [0.3, 0.4) is 0 Å². The van der Waals surface area contributed by atoms with Gasteiger partial charge >= 0.3 is 0 Å². The van der Waals surface area contributed by atoms with Gasteiger partial charge in [-0.1, -0.05) is 11.8 Å². The Hall–Kier alpha value is -1.80. The van der Waals surface area contributed by atoms with Crippen LogP contribution in [0.2, 0.25) is 0 Å². The Bertz CT molecular complexity index is 623.